The Labute approximate surface area is 123 Å². The Morgan fingerprint density at radius 3 is 2.05 bits per heavy atom. The van der Waals surface area contributed by atoms with Gasteiger partial charge >= 0.3 is 0 Å². The number of benzene rings is 3. The molecule has 0 saturated heterocycles. The molecule has 0 radical (unpaired) electrons. The first-order valence-corrected chi connectivity index (χ1v) is 6.83. The van der Waals surface area contributed by atoms with Crippen LogP contribution < -0.4 is 5.73 Å². The monoisotopic (exact) mass is 279 g/mol. The molecule has 0 aromatic heterocycles. The van der Waals surface area contributed by atoms with E-state index in [0.29, 0.717) is 0 Å². The zero-order valence-corrected chi connectivity index (χ0v) is 11.6. The van der Waals surface area contributed by atoms with Gasteiger partial charge in [-0.05, 0) is 34.9 Å². The summed E-state index contributed by atoms with van der Waals surface area (Å²) < 4.78 is 0. The second-order valence-corrected chi connectivity index (χ2v) is 5.08. The summed E-state index contributed by atoms with van der Waals surface area (Å²) in [5, 5.41) is 0.726. The quantitative estimate of drug-likeness (QED) is 0.637. The average molecular weight is 280 g/mol. The third-order valence-corrected chi connectivity index (χ3v) is 3.57. The molecule has 0 heterocycles. The van der Waals surface area contributed by atoms with Crippen molar-refractivity contribution < 1.29 is 0 Å². The van der Waals surface area contributed by atoms with E-state index in [1.807, 2.05) is 54.6 Å². The Hall–Kier alpha value is -2.25. The lowest BCUT2D eigenvalue weighted by atomic mass is 9.93. The van der Waals surface area contributed by atoms with Gasteiger partial charge in [-0.3, -0.25) is 0 Å². The first-order valence-electron chi connectivity index (χ1n) is 6.45. The molecule has 1 nitrogen and oxygen atoms in total. The van der Waals surface area contributed by atoms with Gasteiger partial charge in [-0.25, -0.2) is 0 Å². The molecule has 0 aliphatic carbocycles. The maximum Gasteiger partial charge on any atom is 0.0406 e. The molecule has 0 atom stereocenters. The van der Waals surface area contributed by atoms with Crippen molar-refractivity contribution in [1.29, 1.82) is 0 Å². The van der Waals surface area contributed by atoms with Crippen LogP contribution in [0.2, 0.25) is 5.02 Å². The predicted octanol–water partition coefficient (Wildman–Crippen LogP) is 5.26. The van der Waals surface area contributed by atoms with Crippen molar-refractivity contribution in [2.75, 3.05) is 5.73 Å². The van der Waals surface area contributed by atoms with Crippen LogP contribution in [0, 0.1) is 0 Å². The normalized spacial score (nSPS) is 10.4. The number of nitrogen functional groups attached to an aromatic ring is 1. The van der Waals surface area contributed by atoms with Gasteiger partial charge in [0.25, 0.3) is 0 Å². The molecule has 3 aromatic carbocycles. The van der Waals surface area contributed by atoms with Gasteiger partial charge < -0.3 is 5.73 Å². The third kappa shape index (κ3) is 2.40. The van der Waals surface area contributed by atoms with Crippen molar-refractivity contribution in [3.05, 3.63) is 77.8 Å². The summed E-state index contributed by atoms with van der Waals surface area (Å²) in [6, 6.07) is 24.0. The second-order valence-electron chi connectivity index (χ2n) is 4.64. The van der Waals surface area contributed by atoms with Gasteiger partial charge in [0.1, 0.15) is 0 Å². The summed E-state index contributed by atoms with van der Waals surface area (Å²) in [5.41, 5.74) is 11.4. The fourth-order valence-corrected chi connectivity index (χ4v) is 2.49. The van der Waals surface area contributed by atoms with Crippen LogP contribution in [-0.4, -0.2) is 0 Å². The molecule has 2 heteroatoms. The molecule has 2 N–H and O–H groups in total. The zero-order chi connectivity index (χ0) is 13.9. The Morgan fingerprint density at radius 1 is 0.650 bits per heavy atom. The summed E-state index contributed by atoms with van der Waals surface area (Å²) >= 11 is 5.96. The smallest absolute Gasteiger partial charge is 0.0406 e. The van der Waals surface area contributed by atoms with E-state index in [4.69, 9.17) is 17.3 Å². The van der Waals surface area contributed by atoms with E-state index in [0.717, 1.165) is 33.0 Å². The van der Waals surface area contributed by atoms with Crippen LogP contribution in [0.3, 0.4) is 0 Å². The molecule has 0 spiro atoms. The molecule has 3 rings (SSSR count). The van der Waals surface area contributed by atoms with Gasteiger partial charge in [0.15, 0.2) is 0 Å². The van der Waals surface area contributed by atoms with Crippen LogP contribution in [0.15, 0.2) is 72.8 Å². The molecule has 3 aromatic rings. The minimum atomic E-state index is 0.726. The van der Waals surface area contributed by atoms with Crippen molar-refractivity contribution >= 4 is 17.3 Å². The number of rotatable bonds is 2. The van der Waals surface area contributed by atoms with Crippen LogP contribution >= 0.6 is 11.6 Å². The van der Waals surface area contributed by atoms with Gasteiger partial charge in [0.2, 0.25) is 0 Å². The summed E-state index contributed by atoms with van der Waals surface area (Å²) in [6.07, 6.45) is 0. The van der Waals surface area contributed by atoms with Crippen molar-refractivity contribution in [2.45, 2.75) is 0 Å². The standard InChI is InChI=1S/C18H14ClN/c19-15-11-9-14(10-12-15)18-16(7-4-8-17(18)20)13-5-2-1-3-6-13/h1-12H,20H2. The highest BCUT2D eigenvalue weighted by molar-refractivity contribution is 6.30. The zero-order valence-electron chi connectivity index (χ0n) is 10.9. The van der Waals surface area contributed by atoms with Crippen LogP contribution in [-0.2, 0) is 0 Å². The Bertz CT molecular complexity index is 718. The summed E-state index contributed by atoms with van der Waals surface area (Å²) in [6.45, 7) is 0. The van der Waals surface area contributed by atoms with Gasteiger partial charge in [-0.1, -0.05) is 66.2 Å². The molecule has 0 unspecified atom stereocenters. The molecular formula is C18H14ClN. The lowest BCUT2D eigenvalue weighted by Gasteiger charge is -2.13. The summed E-state index contributed by atoms with van der Waals surface area (Å²) in [4.78, 5) is 0. The molecule has 0 amide bonds. The highest BCUT2D eigenvalue weighted by Gasteiger charge is 2.10. The van der Waals surface area contributed by atoms with Crippen LogP contribution in [0.4, 0.5) is 5.69 Å². The van der Waals surface area contributed by atoms with Crippen molar-refractivity contribution in [2.24, 2.45) is 0 Å². The van der Waals surface area contributed by atoms with E-state index in [-0.39, 0.29) is 0 Å². The highest BCUT2D eigenvalue weighted by Crippen LogP contribution is 2.36. The van der Waals surface area contributed by atoms with E-state index in [1.54, 1.807) is 0 Å². The number of hydrogen-bond donors (Lipinski definition) is 1. The minimum Gasteiger partial charge on any atom is -0.398 e. The lowest BCUT2D eigenvalue weighted by molar-refractivity contribution is 1.57. The molecular weight excluding hydrogens is 266 g/mol. The number of hydrogen-bond acceptors (Lipinski definition) is 1. The minimum absolute atomic E-state index is 0.726. The van der Waals surface area contributed by atoms with E-state index in [1.165, 1.54) is 0 Å². The van der Waals surface area contributed by atoms with E-state index >= 15 is 0 Å². The van der Waals surface area contributed by atoms with E-state index in [2.05, 4.69) is 18.2 Å². The molecule has 0 fully saturated rings. The maximum atomic E-state index is 6.20. The Balaban J connectivity index is 2.22. The fourth-order valence-electron chi connectivity index (χ4n) is 2.37. The predicted molar refractivity (Wildman–Crippen MR) is 86.7 cm³/mol. The van der Waals surface area contributed by atoms with E-state index < -0.39 is 0 Å². The van der Waals surface area contributed by atoms with Crippen LogP contribution in [0.25, 0.3) is 22.3 Å². The molecule has 0 bridgehead atoms. The number of nitrogens with two attached hydrogens (primary N) is 1. The van der Waals surface area contributed by atoms with Crippen LogP contribution in [0.1, 0.15) is 0 Å². The SMILES string of the molecule is Nc1cccc(-c2ccccc2)c1-c1ccc(Cl)cc1. The number of halogens is 1. The lowest BCUT2D eigenvalue weighted by Crippen LogP contribution is -1.93. The van der Waals surface area contributed by atoms with Crippen LogP contribution in [0.5, 0.6) is 0 Å². The van der Waals surface area contributed by atoms with Crippen molar-refractivity contribution in [1.82, 2.24) is 0 Å². The molecule has 20 heavy (non-hydrogen) atoms. The molecule has 0 aliphatic rings. The molecule has 98 valence electrons. The second kappa shape index (κ2) is 5.40. The fraction of sp³-hybridized carbons (Fsp3) is 0. The first-order chi connectivity index (χ1) is 9.75. The van der Waals surface area contributed by atoms with Gasteiger partial charge in [-0.2, -0.15) is 0 Å². The molecule has 0 aliphatic heterocycles. The largest absolute Gasteiger partial charge is 0.398 e. The topological polar surface area (TPSA) is 26.0 Å². The first kappa shape index (κ1) is 12.8. The van der Waals surface area contributed by atoms with E-state index in [9.17, 15) is 0 Å². The Morgan fingerprint density at radius 2 is 1.35 bits per heavy atom. The summed E-state index contributed by atoms with van der Waals surface area (Å²) in [7, 11) is 0. The van der Waals surface area contributed by atoms with Gasteiger partial charge in [-0.15, -0.1) is 0 Å². The maximum absolute atomic E-state index is 6.20. The average Bonchev–Trinajstić information content (AvgIpc) is 2.49. The highest BCUT2D eigenvalue weighted by atomic mass is 35.5. The molecule has 0 saturated carbocycles. The number of anilines is 1. The van der Waals surface area contributed by atoms with Gasteiger partial charge in [0.05, 0.1) is 0 Å². The summed E-state index contributed by atoms with van der Waals surface area (Å²) in [5.74, 6) is 0. The third-order valence-electron chi connectivity index (χ3n) is 3.31. The van der Waals surface area contributed by atoms with Crippen molar-refractivity contribution in [3.63, 3.8) is 0 Å². The van der Waals surface area contributed by atoms with Gasteiger partial charge in [0, 0.05) is 16.3 Å². The Kier molecular flexibility index (Phi) is 3.44. The van der Waals surface area contributed by atoms with Crippen molar-refractivity contribution in [3.8, 4) is 22.3 Å².